The second-order valence-corrected chi connectivity index (χ2v) is 12.2. The van der Waals surface area contributed by atoms with E-state index >= 15 is 0 Å². The molecule has 2 atom stereocenters. The number of aromatic amines is 1. The number of rotatable bonds is 7. The molecule has 2 aliphatic heterocycles. The Balaban J connectivity index is 0.00000134. The summed E-state index contributed by atoms with van der Waals surface area (Å²) in [5, 5.41) is 11.3. The number of carbonyl (C=O) groups is 2. The molecular weight excluding hydrogens is 612 g/mol. The molecule has 46 heavy (non-hydrogen) atoms. The van der Waals surface area contributed by atoms with Crippen LogP contribution in [0.5, 0.6) is 0 Å². The number of halogens is 1. The van der Waals surface area contributed by atoms with Gasteiger partial charge in [-0.25, -0.2) is 14.8 Å². The first-order valence-electron chi connectivity index (χ1n) is 15.2. The monoisotopic (exact) mass is 648 g/mol. The van der Waals surface area contributed by atoms with E-state index < -0.39 is 11.5 Å². The summed E-state index contributed by atoms with van der Waals surface area (Å²) in [5.74, 6) is 0.884. The van der Waals surface area contributed by atoms with Gasteiger partial charge < -0.3 is 34.4 Å². The van der Waals surface area contributed by atoms with Gasteiger partial charge in [0.25, 0.3) is 5.56 Å². The van der Waals surface area contributed by atoms with Crippen molar-refractivity contribution in [3.05, 3.63) is 63.3 Å². The molecule has 2 aliphatic rings. The number of H-pyrrole nitrogens is 1. The predicted molar refractivity (Wildman–Crippen MR) is 174 cm³/mol. The van der Waals surface area contributed by atoms with Gasteiger partial charge in [0.05, 0.1) is 18.0 Å². The Morgan fingerprint density at radius 2 is 2.00 bits per heavy atom. The molecule has 13 heteroatoms. The van der Waals surface area contributed by atoms with Gasteiger partial charge in [0.2, 0.25) is 5.91 Å². The molecule has 2 amide bonds. The van der Waals surface area contributed by atoms with E-state index in [0.717, 1.165) is 42.7 Å². The third kappa shape index (κ3) is 6.89. The fourth-order valence-corrected chi connectivity index (χ4v) is 6.32. The number of anilines is 1. The van der Waals surface area contributed by atoms with Gasteiger partial charge in [-0.15, -0.1) is 0 Å². The lowest BCUT2D eigenvalue weighted by Gasteiger charge is -2.44. The Hall–Kier alpha value is -4.76. The highest BCUT2D eigenvalue weighted by Crippen LogP contribution is 2.38. The van der Waals surface area contributed by atoms with Crippen molar-refractivity contribution in [2.24, 2.45) is 5.92 Å². The summed E-state index contributed by atoms with van der Waals surface area (Å²) in [5.41, 5.74) is 2.12. The zero-order chi connectivity index (χ0) is 32.8. The second-order valence-electron chi connectivity index (χ2n) is 11.8. The Labute approximate surface area is 271 Å². The molecule has 12 nitrogen and oxygen atoms in total. The number of para-hydroxylation sites is 1. The first-order valence-corrected chi connectivity index (χ1v) is 15.6. The van der Waals surface area contributed by atoms with Gasteiger partial charge in [-0.3, -0.25) is 9.59 Å². The summed E-state index contributed by atoms with van der Waals surface area (Å²) < 4.78 is 11.6. The maximum absolute atomic E-state index is 12.8. The van der Waals surface area contributed by atoms with Crippen LogP contribution in [-0.2, 0) is 21.4 Å². The second kappa shape index (κ2) is 14.1. The Morgan fingerprint density at radius 1 is 1.26 bits per heavy atom. The van der Waals surface area contributed by atoms with E-state index in [0.29, 0.717) is 47.0 Å². The number of ether oxygens (including phenoxy) is 1. The van der Waals surface area contributed by atoms with Crippen LogP contribution in [0.4, 0.5) is 10.6 Å². The number of aliphatic hydroxyl groups is 1. The average Bonchev–Trinajstić information content (AvgIpc) is 3.71. The topological polar surface area (TPSA) is 154 Å². The summed E-state index contributed by atoms with van der Waals surface area (Å²) >= 11 is 6.14. The standard InChI is InChI=1S/C31H35ClN6O5.C2H2O/c1-19-18-38(13-9-31(19,2)22-15-20(32)17-34-29(22)40)30(41)42-14-10-33-25(39)16-24-35-26-21-7-3-4-8-23(21)43-27(26)28(36-24)37-11-5-6-12-37;1-2-3/h3-4,7-8,15,17,19H,5-6,9-14,16,18H2,1-2H3,(H,33,39)(H,34,40);1,3H. The normalized spacial score (nSPS) is 19.4. The Bertz CT molecular complexity index is 1830. The zero-order valence-corrected chi connectivity index (χ0v) is 26.6. The van der Waals surface area contributed by atoms with Gasteiger partial charge in [0, 0.05) is 48.7 Å². The van der Waals surface area contributed by atoms with Gasteiger partial charge in [-0.05, 0) is 43.4 Å². The van der Waals surface area contributed by atoms with E-state index in [1.54, 1.807) is 11.0 Å². The maximum Gasteiger partial charge on any atom is 0.409 e. The van der Waals surface area contributed by atoms with Crippen LogP contribution in [-0.4, -0.2) is 76.3 Å². The molecule has 2 unspecified atom stereocenters. The molecule has 0 spiro atoms. The summed E-state index contributed by atoms with van der Waals surface area (Å²) in [6.07, 6.45) is 9.19. The van der Waals surface area contributed by atoms with Crippen LogP contribution in [0.3, 0.4) is 0 Å². The number of furan rings is 1. The number of pyridine rings is 1. The van der Waals surface area contributed by atoms with Gasteiger partial charge in [0.15, 0.2) is 11.4 Å². The van der Waals surface area contributed by atoms with Crippen molar-refractivity contribution >= 4 is 51.5 Å². The number of amides is 2. The smallest absolute Gasteiger partial charge is 0.409 e. The van der Waals surface area contributed by atoms with Gasteiger partial charge in [-0.1, -0.05) is 44.0 Å². The number of terminal acetylenes is 1. The van der Waals surface area contributed by atoms with E-state index in [1.165, 1.54) is 12.3 Å². The molecule has 2 fully saturated rings. The van der Waals surface area contributed by atoms with Crippen LogP contribution in [0.2, 0.25) is 5.02 Å². The van der Waals surface area contributed by atoms with E-state index in [1.807, 2.05) is 38.1 Å². The molecule has 242 valence electrons. The Morgan fingerprint density at radius 3 is 2.74 bits per heavy atom. The number of piperidine rings is 1. The van der Waals surface area contributed by atoms with E-state index in [2.05, 4.69) is 21.6 Å². The third-order valence-electron chi connectivity index (χ3n) is 8.85. The molecule has 6 rings (SSSR count). The van der Waals surface area contributed by atoms with Gasteiger partial charge >= 0.3 is 6.09 Å². The highest BCUT2D eigenvalue weighted by Gasteiger charge is 2.41. The van der Waals surface area contributed by atoms with E-state index in [4.69, 9.17) is 35.8 Å². The van der Waals surface area contributed by atoms with Crippen molar-refractivity contribution < 1.29 is 23.8 Å². The van der Waals surface area contributed by atoms with Gasteiger partial charge in [-0.2, -0.15) is 0 Å². The van der Waals surface area contributed by atoms with E-state index in [-0.39, 0.29) is 37.0 Å². The molecule has 0 aliphatic carbocycles. The molecule has 3 aromatic heterocycles. The number of carbonyl (C=O) groups excluding carboxylic acids is 2. The lowest BCUT2D eigenvalue weighted by molar-refractivity contribution is -0.120. The molecule has 3 N–H and O–H groups in total. The molecule has 0 saturated carbocycles. The van der Waals surface area contributed by atoms with E-state index in [9.17, 15) is 14.4 Å². The number of aromatic nitrogens is 3. The largest absolute Gasteiger partial charge is 0.462 e. The molecule has 0 radical (unpaired) electrons. The zero-order valence-electron chi connectivity index (χ0n) is 25.8. The minimum absolute atomic E-state index is 0.00297. The quantitative estimate of drug-likeness (QED) is 0.196. The molecule has 2 saturated heterocycles. The van der Waals surface area contributed by atoms with Crippen molar-refractivity contribution in [2.45, 2.75) is 44.9 Å². The minimum atomic E-state index is -0.445. The van der Waals surface area contributed by atoms with Crippen LogP contribution in [0, 0.1) is 18.4 Å². The van der Waals surface area contributed by atoms with Crippen molar-refractivity contribution in [1.82, 2.24) is 25.2 Å². The van der Waals surface area contributed by atoms with Crippen LogP contribution < -0.4 is 15.8 Å². The molecule has 0 bridgehead atoms. The number of likely N-dealkylation sites (tertiary alicyclic amines) is 1. The Kier molecular flexibility index (Phi) is 10.0. The van der Waals surface area contributed by atoms with Crippen molar-refractivity contribution in [3.8, 4) is 12.5 Å². The number of benzene rings is 1. The van der Waals surface area contributed by atoms with Crippen molar-refractivity contribution in [2.75, 3.05) is 44.2 Å². The number of hydrogen-bond acceptors (Lipinski definition) is 9. The highest BCUT2D eigenvalue weighted by molar-refractivity contribution is 6.30. The number of nitrogens with zero attached hydrogens (tertiary/aromatic N) is 4. The average molecular weight is 649 g/mol. The molecule has 4 aromatic rings. The SMILES string of the molecule is C#CO.CC1CN(C(=O)OCCNC(=O)Cc2nc(N3CCCC3)c3oc4ccccc4c3n2)CCC1(C)c1cc(Cl)c[nH]c1=O. The molecule has 5 heterocycles. The van der Waals surface area contributed by atoms with Gasteiger partial charge in [0.1, 0.15) is 29.6 Å². The lowest BCUT2D eigenvalue weighted by Crippen LogP contribution is -2.51. The van der Waals surface area contributed by atoms with Crippen LogP contribution in [0.25, 0.3) is 22.1 Å². The lowest BCUT2D eigenvalue weighted by atomic mass is 9.68. The summed E-state index contributed by atoms with van der Waals surface area (Å²) in [6.45, 7) is 6.89. The summed E-state index contributed by atoms with van der Waals surface area (Å²) in [7, 11) is 0. The minimum Gasteiger partial charge on any atom is -0.462 e. The number of fused-ring (bicyclic) bond motifs is 3. The van der Waals surface area contributed by atoms with Crippen molar-refractivity contribution in [3.63, 3.8) is 0 Å². The fourth-order valence-electron chi connectivity index (χ4n) is 6.15. The molecular formula is C33H37ClN6O6. The summed E-state index contributed by atoms with van der Waals surface area (Å²) in [6, 6.07) is 9.43. The number of aliphatic hydroxyl groups excluding tert-OH is 1. The first-order chi connectivity index (χ1) is 22.1. The third-order valence-corrected chi connectivity index (χ3v) is 9.06. The number of nitrogens with one attached hydrogen (secondary N) is 2. The first kappa shape index (κ1) is 32.6. The van der Waals surface area contributed by atoms with Crippen LogP contribution >= 0.6 is 11.6 Å². The van der Waals surface area contributed by atoms with Crippen LogP contribution in [0.15, 0.2) is 45.7 Å². The molecule has 1 aromatic carbocycles. The highest BCUT2D eigenvalue weighted by atomic mass is 35.5. The van der Waals surface area contributed by atoms with Crippen LogP contribution in [0.1, 0.15) is 44.5 Å². The number of hydrogen-bond donors (Lipinski definition) is 3. The fraction of sp³-hybridized carbons (Fsp3) is 0.424. The maximum atomic E-state index is 12.8. The summed E-state index contributed by atoms with van der Waals surface area (Å²) in [4.78, 5) is 54.0. The predicted octanol–water partition coefficient (Wildman–Crippen LogP) is 4.36. The van der Waals surface area contributed by atoms with Crippen molar-refractivity contribution in [1.29, 1.82) is 0 Å².